The molecular weight excluding hydrogens is 244 g/mol. The third-order valence-corrected chi connectivity index (χ3v) is 5.18. The lowest BCUT2D eigenvalue weighted by molar-refractivity contribution is -0.142. The van der Waals surface area contributed by atoms with Crippen molar-refractivity contribution in [3.63, 3.8) is 0 Å². The van der Waals surface area contributed by atoms with Gasteiger partial charge in [0.25, 0.3) is 0 Å². The third kappa shape index (κ3) is 2.96. The Kier molecular flexibility index (Phi) is 4.48. The number of hydrogen-bond acceptors (Lipinski definition) is 4. The molecule has 0 spiro atoms. The highest BCUT2D eigenvalue weighted by Gasteiger charge is 2.36. The van der Waals surface area contributed by atoms with Crippen LogP contribution >= 0.6 is 0 Å². The number of sulfonamides is 1. The number of hydrogen-bond donors (Lipinski definition) is 1. The number of piperidine rings is 1. The maximum atomic E-state index is 12.0. The first-order chi connectivity index (χ1) is 7.93. The zero-order valence-electron chi connectivity index (χ0n) is 9.66. The number of rotatable bonds is 4. The second-order valence-electron chi connectivity index (χ2n) is 4.11. The molecule has 1 heterocycles. The number of nitriles is 1. The van der Waals surface area contributed by atoms with E-state index in [1.165, 1.54) is 0 Å². The molecule has 17 heavy (non-hydrogen) atoms. The predicted molar refractivity (Wildman–Crippen MR) is 60.5 cm³/mol. The fourth-order valence-corrected chi connectivity index (χ4v) is 3.61. The second-order valence-corrected chi connectivity index (χ2v) is 6.22. The summed E-state index contributed by atoms with van der Waals surface area (Å²) in [5, 5.41) is 16.6. The molecule has 0 aromatic carbocycles. The van der Waals surface area contributed by atoms with E-state index in [2.05, 4.69) is 0 Å². The smallest absolute Gasteiger partial charge is 0.307 e. The predicted octanol–water partition coefficient (Wildman–Crippen LogP) is 0.415. The summed E-state index contributed by atoms with van der Waals surface area (Å²) in [5.41, 5.74) is 0. The molecule has 0 radical (unpaired) electrons. The summed E-state index contributed by atoms with van der Waals surface area (Å²) in [6.45, 7) is 1.92. The lowest BCUT2D eigenvalue weighted by Gasteiger charge is -2.30. The molecule has 2 atom stereocenters. The fourth-order valence-electron chi connectivity index (χ4n) is 1.92. The van der Waals surface area contributed by atoms with Crippen molar-refractivity contribution in [2.75, 3.05) is 13.1 Å². The standard InChI is InChI=1S/C10H16N2O4S/c1-2-9(6-11)17(15,16)12-5-3-4-8(7-12)10(13)14/h8-9H,2-5,7H2,1H3,(H,13,14)/t8-,9?/m1/s1. The SMILES string of the molecule is CCC(C#N)S(=O)(=O)N1CCC[C@@H](C(=O)O)C1. The summed E-state index contributed by atoms with van der Waals surface area (Å²) in [5.74, 6) is -1.63. The van der Waals surface area contributed by atoms with Gasteiger partial charge in [0, 0.05) is 13.1 Å². The Morgan fingerprint density at radius 3 is 2.76 bits per heavy atom. The van der Waals surface area contributed by atoms with E-state index in [0.717, 1.165) is 4.31 Å². The zero-order valence-corrected chi connectivity index (χ0v) is 10.5. The molecule has 7 heteroatoms. The first-order valence-corrected chi connectivity index (χ1v) is 7.05. The average molecular weight is 260 g/mol. The molecule has 1 unspecified atom stereocenters. The van der Waals surface area contributed by atoms with Gasteiger partial charge in [0.05, 0.1) is 12.0 Å². The quantitative estimate of drug-likeness (QED) is 0.789. The number of carboxylic acids is 1. The molecule has 1 N–H and O–H groups in total. The van der Waals surface area contributed by atoms with Crippen LogP contribution in [0, 0.1) is 17.2 Å². The van der Waals surface area contributed by atoms with Gasteiger partial charge in [0.1, 0.15) is 0 Å². The van der Waals surface area contributed by atoms with Gasteiger partial charge in [-0.3, -0.25) is 4.79 Å². The van der Waals surface area contributed by atoms with Crippen LogP contribution in [0.4, 0.5) is 0 Å². The topological polar surface area (TPSA) is 98.5 Å². The molecule has 1 rings (SSSR count). The number of aliphatic carboxylic acids is 1. The molecule has 0 aromatic heterocycles. The van der Waals surface area contributed by atoms with Crippen molar-refractivity contribution in [2.45, 2.75) is 31.4 Å². The minimum Gasteiger partial charge on any atom is -0.481 e. The largest absolute Gasteiger partial charge is 0.481 e. The molecule has 0 aliphatic carbocycles. The second kappa shape index (κ2) is 5.47. The maximum Gasteiger partial charge on any atom is 0.307 e. The van der Waals surface area contributed by atoms with E-state index >= 15 is 0 Å². The van der Waals surface area contributed by atoms with Gasteiger partial charge in [-0.15, -0.1) is 0 Å². The van der Waals surface area contributed by atoms with Crippen molar-refractivity contribution < 1.29 is 18.3 Å². The van der Waals surface area contributed by atoms with Crippen LogP contribution in [0.2, 0.25) is 0 Å². The van der Waals surface area contributed by atoms with Crippen LogP contribution in [-0.4, -0.2) is 42.1 Å². The van der Waals surface area contributed by atoms with Crippen molar-refractivity contribution in [2.24, 2.45) is 5.92 Å². The van der Waals surface area contributed by atoms with E-state index in [0.29, 0.717) is 19.4 Å². The van der Waals surface area contributed by atoms with Gasteiger partial charge in [-0.1, -0.05) is 6.92 Å². The van der Waals surface area contributed by atoms with E-state index in [1.54, 1.807) is 13.0 Å². The molecule has 1 aliphatic rings. The van der Waals surface area contributed by atoms with Crippen LogP contribution in [0.3, 0.4) is 0 Å². The Bertz CT molecular complexity index is 426. The Hall–Kier alpha value is -1.13. The molecule has 0 amide bonds. The molecule has 1 fully saturated rings. The van der Waals surface area contributed by atoms with Crippen LogP contribution in [0.15, 0.2) is 0 Å². The molecule has 1 saturated heterocycles. The summed E-state index contributed by atoms with van der Waals surface area (Å²) in [6, 6.07) is 1.76. The van der Waals surface area contributed by atoms with E-state index < -0.39 is 27.2 Å². The van der Waals surface area contributed by atoms with Gasteiger partial charge >= 0.3 is 5.97 Å². The Morgan fingerprint density at radius 2 is 2.29 bits per heavy atom. The van der Waals surface area contributed by atoms with Gasteiger partial charge in [0.15, 0.2) is 5.25 Å². The molecule has 96 valence electrons. The number of carboxylic acid groups (broad SMARTS) is 1. The van der Waals surface area contributed by atoms with Crippen LogP contribution in [0.25, 0.3) is 0 Å². The Balaban J connectivity index is 2.86. The van der Waals surface area contributed by atoms with Crippen molar-refractivity contribution in [1.29, 1.82) is 5.26 Å². The first-order valence-electron chi connectivity index (χ1n) is 5.54. The highest BCUT2D eigenvalue weighted by atomic mass is 32.2. The number of carbonyl (C=O) groups is 1. The first kappa shape index (κ1) is 13.9. The minimum absolute atomic E-state index is 0.0180. The van der Waals surface area contributed by atoms with Gasteiger partial charge < -0.3 is 5.11 Å². The summed E-state index contributed by atoms with van der Waals surface area (Å²) < 4.78 is 25.2. The maximum absolute atomic E-state index is 12.0. The number of nitrogens with zero attached hydrogens (tertiary/aromatic N) is 2. The lowest BCUT2D eigenvalue weighted by atomic mass is 10.0. The van der Waals surface area contributed by atoms with E-state index in [4.69, 9.17) is 10.4 Å². The molecular formula is C10H16N2O4S. The van der Waals surface area contributed by atoms with Crippen molar-refractivity contribution >= 4 is 16.0 Å². The van der Waals surface area contributed by atoms with Crippen molar-refractivity contribution in [3.8, 4) is 6.07 Å². The molecule has 0 saturated carbocycles. The summed E-state index contributed by atoms with van der Waals surface area (Å²) >= 11 is 0. The monoisotopic (exact) mass is 260 g/mol. The third-order valence-electron chi connectivity index (χ3n) is 2.97. The Morgan fingerprint density at radius 1 is 1.65 bits per heavy atom. The molecule has 6 nitrogen and oxygen atoms in total. The van der Waals surface area contributed by atoms with Gasteiger partial charge in [-0.2, -0.15) is 9.57 Å². The van der Waals surface area contributed by atoms with Crippen LogP contribution in [-0.2, 0) is 14.8 Å². The van der Waals surface area contributed by atoms with Gasteiger partial charge in [-0.05, 0) is 19.3 Å². The molecule has 0 aromatic rings. The lowest BCUT2D eigenvalue weighted by Crippen LogP contribution is -2.45. The van der Waals surface area contributed by atoms with Crippen LogP contribution in [0.5, 0.6) is 0 Å². The molecule has 1 aliphatic heterocycles. The van der Waals surface area contributed by atoms with Crippen LogP contribution in [0.1, 0.15) is 26.2 Å². The zero-order chi connectivity index (χ0) is 13.1. The van der Waals surface area contributed by atoms with Crippen LogP contribution < -0.4 is 0 Å². The van der Waals surface area contributed by atoms with Crippen molar-refractivity contribution in [3.05, 3.63) is 0 Å². The summed E-state index contributed by atoms with van der Waals surface area (Å²) in [7, 11) is -3.68. The average Bonchev–Trinajstić information content (AvgIpc) is 2.30. The minimum atomic E-state index is -3.68. The fraction of sp³-hybridized carbons (Fsp3) is 0.800. The normalized spacial score (nSPS) is 23.9. The summed E-state index contributed by atoms with van der Waals surface area (Å²) in [4.78, 5) is 10.8. The molecule has 0 bridgehead atoms. The van der Waals surface area contributed by atoms with E-state index in [1.807, 2.05) is 0 Å². The van der Waals surface area contributed by atoms with E-state index in [9.17, 15) is 13.2 Å². The highest BCUT2D eigenvalue weighted by molar-refractivity contribution is 7.90. The van der Waals surface area contributed by atoms with E-state index in [-0.39, 0.29) is 13.0 Å². The summed E-state index contributed by atoms with van der Waals surface area (Å²) in [6.07, 6.45) is 1.23. The highest BCUT2D eigenvalue weighted by Crippen LogP contribution is 2.22. The van der Waals surface area contributed by atoms with Gasteiger partial charge in [-0.25, -0.2) is 8.42 Å². The van der Waals surface area contributed by atoms with Gasteiger partial charge in [0.2, 0.25) is 10.0 Å². The van der Waals surface area contributed by atoms with Crippen molar-refractivity contribution in [1.82, 2.24) is 4.31 Å². The Labute approximate surface area is 101 Å².